The Hall–Kier alpha value is -2.35. The molecule has 1 aromatic heterocycles. The van der Waals surface area contributed by atoms with Gasteiger partial charge in [0.1, 0.15) is 5.82 Å². The third kappa shape index (κ3) is 5.18. The number of benzene rings is 2. The molecule has 3 rings (SSSR count). The van der Waals surface area contributed by atoms with Gasteiger partial charge in [-0.1, -0.05) is 41.4 Å². The van der Waals surface area contributed by atoms with Gasteiger partial charge in [0.15, 0.2) is 9.84 Å². The van der Waals surface area contributed by atoms with Gasteiger partial charge in [-0.2, -0.15) is 4.98 Å². The van der Waals surface area contributed by atoms with Crippen molar-refractivity contribution in [3.8, 4) is 11.3 Å². The van der Waals surface area contributed by atoms with E-state index in [1.54, 1.807) is 36.4 Å². The Balaban J connectivity index is 1.73. The maximum absolute atomic E-state index is 11.5. The molecular weight excluding hydrogens is 431 g/mol. The van der Waals surface area contributed by atoms with Crippen LogP contribution in [0.15, 0.2) is 47.4 Å². The molecule has 3 N–H and O–H groups in total. The van der Waals surface area contributed by atoms with Gasteiger partial charge in [-0.25, -0.2) is 13.4 Å². The summed E-state index contributed by atoms with van der Waals surface area (Å²) in [6.45, 7) is 2.46. The van der Waals surface area contributed by atoms with Crippen molar-refractivity contribution in [2.24, 2.45) is 0 Å². The lowest BCUT2D eigenvalue weighted by Crippen LogP contribution is -2.09. The summed E-state index contributed by atoms with van der Waals surface area (Å²) < 4.78 is 23.1. The summed E-state index contributed by atoms with van der Waals surface area (Å²) in [6.07, 6.45) is 1.88. The van der Waals surface area contributed by atoms with Gasteiger partial charge in [0.25, 0.3) is 0 Å². The first-order valence-electron chi connectivity index (χ1n) is 8.77. The number of hydrogen-bond acceptors (Lipinski definition) is 6. The fraction of sp³-hybridized carbons (Fsp3) is 0.200. The van der Waals surface area contributed by atoms with E-state index in [0.717, 1.165) is 16.7 Å². The van der Waals surface area contributed by atoms with Crippen LogP contribution in [0.4, 0.5) is 11.8 Å². The van der Waals surface area contributed by atoms with Crippen molar-refractivity contribution in [2.75, 3.05) is 23.9 Å². The van der Waals surface area contributed by atoms with E-state index in [2.05, 4.69) is 15.3 Å². The van der Waals surface area contributed by atoms with Gasteiger partial charge in [-0.3, -0.25) is 0 Å². The second kappa shape index (κ2) is 8.57. The molecule has 0 fully saturated rings. The molecule has 0 unspecified atom stereocenters. The predicted octanol–water partition coefficient (Wildman–Crippen LogP) is 4.40. The fourth-order valence-corrected chi connectivity index (χ4v) is 3.86. The first kappa shape index (κ1) is 21.4. The molecule has 1 heterocycles. The number of aromatic nitrogens is 2. The van der Waals surface area contributed by atoms with Crippen molar-refractivity contribution in [3.05, 3.63) is 63.6 Å². The topological polar surface area (TPSA) is 98.0 Å². The Bertz CT molecular complexity index is 1150. The summed E-state index contributed by atoms with van der Waals surface area (Å²) in [5.74, 6) is 0.735. The molecule has 2 aromatic carbocycles. The fourth-order valence-electron chi connectivity index (χ4n) is 2.86. The number of nitrogens with two attached hydrogens (primary N) is 1. The van der Waals surface area contributed by atoms with E-state index in [4.69, 9.17) is 28.9 Å². The van der Waals surface area contributed by atoms with E-state index in [1.165, 1.54) is 6.26 Å². The SMILES string of the molecule is Cc1c(-c2cc(NCCc3ccc(S(C)(=O)=O)cc3)nc(N)n2)ccc(Cl)c1Cl. The standard InChI is InChI=1S/C20H20Cl2N4O2S/c1-12-15(7-8-16(21)19(12)22)17-11-18(26-20(23)25-17)24-10-9-13-3-5-14(6-4-13)29(2,27)28/h3-8,11H,9-10H2,1-2H3,(H3,23,24,25,26). The highest BCUT2D eigenvalue weighted by molar-refractivity contribution is 7.90. The van der Waals surface area contributed by atoms with Crippen LogP contribution in [-0.4, -0.2) is 31.2 Å². The lowest BCUT2D eigenvalue weighted by atomic mass is 10.1. The third-order valence-electron chi connectivity index (χ3n) is 4.43. The third-order valence-corrected chi connectivity index (χ3v) is 6.46. The minimum Gasteiger partial charge on any atom is -0.370 e. The van der Waals surface area contributed by atoms with E-state index in [0.29, 0.717) is 39.4 Å². The summed E-state index contributed by atoms with van der Waals surface area (Å²) in [5, 5.41) is 4.19. The molecule has 3 aromatic rings. The molecule has 0 aliphatic carbocycles. The molecular formula is C20H20Cl2N4O2S. The monoisotopic (exact) mass is 450 g/mol. The molecule has 0 saturated carbocycles. The van der Waals surface area contributed by atoms with Crippen LogP contribution in [-0.2, 0) is 16.3 Å². The maximum atomic E-state index is 11.5. The van der Waals surface area contributed by atoms with Gasteiger partial charge in [0.2, 0.25) is 5.95 Å². The highest BCUT2D eigenvalue weighted by Gasteiger charge is 2.12. The lowest BCUT2D eigenvalue weighted by molar-refractivity contribution is 0.602. The van der Waals surface area contributed by atoms with E-state index >= 15 is 0 Å². The summed E-state index contributed by atoms with van der Waals surface area (Å²) in [7, 11) is -3.19. The van der Waals surface area contributed by atoms with Crippen LogP contribution in [0, 0.1) is 6.92 Å². The quantitative estimate of drug-likeness (QED) is 0.577. The minimum absolute atomic E-state index is 0.146. The van der Waals surface area contributed by atoms with Crippen molar-refractivity contribution in [3.63, 3.8) is 0 Å². The molecule has 0 bridgehead atoms. The van der Waals surface area contributed by atoms with E-state index in [1.807, 2.05) is 13.0 Å². The van der Waals surface area contributed by atoms with Crippen molar-refractivity contribution < 1.29 is 8.42 Å². The van der Waals surface area contributed by atoms with Gasteiger partial charge in [-0.05, 0) is 42.7 Å². The van der Waals surface area contributed by atoms with Gasteiger partial charge in [-0.15, -0.1) is 0 Å². The van der Waals surface area contributed by atoms with E-state index in [-0.39, 0.29) is 5.95 Å². The molecule has 152 valence electrons. The van der Waals surface area contributed by atoms with Crippen LogP contribution in [0.25, 0.3) is 11.3 Å². The molecule has 0 saturated heterocycles. The number of rotatable bonds is 6. The Morgan fingerprint density at radius 2 is 1.76 bits per heavy atom. The summed E-state index contributed by atoms with van der Waals surface area (Å²) >= 11 is 12.3. The number of nitrogens with zero attached hydrogens (tertiary/aromatic N) is 2. The van der Waals surface area contributed by atoms with Crippen LogP contribution in [0.2, 0.25) is 10.0 Å². The normalized spacial score (nSPS) is 11.4. The van der Waals surface area contributed by atoms with Crippen molar-refractivity contribution >= 4 is 44.8 Å². The number of nitrogen functional groups attached to an aromatic ring is 1. The molecule has 0 spiro atoms. The number of sulfone groups is 1. The Morgan fingerprint density at radius 1 is 1.07 bits per heavy atom. The molecule has 6 nitrogen and oxygen atoms in total. The minimum atomic E-state index is -3.19. The van der Waals surface area contributed by atoms with Gasteiger partial charge >= 0.3 is 0 Å². The molecule has 29 heavy (non-hydrogen) atoms. The maximum Gasteiger partial charge on any atom is 0.222 e. The van der Waals surface area contributed by atoms with Crippen LogP contribution < -0.4 is 11.1 Å². The second-order valence-corrected chi connectivity index (χ2v) is 9.42. The highest BCUT2D eigenvalue weighted by atomic mass is 35.5. The summed E-state index contributed by atoms with van der Waals surface area (Å²) in [6, 6.07) is 12.2. The zero-order valence-electron chi connectivity index (χ0n) is 15.9. The molecule has 0 amide bonds. The van der Waals surface area contributed by atoms with Crippen LogP contribution in [0.3, 0.4) is 0 Å². The summed E-state index contributed by atoms with van der Waals surface area (Å²) in [5.41, 5.74) is 9.17. The van der Waals surface area contributed by atoms with Crippen LogP contribution in [0.5, 0.6) is 0 Å². The van der Waals surface area contributed by atoms with Crippen molar-refractivity contribution in [2.45, 2.75) is 18.2 Å². The Kier molecular flexibility index (Phi) is 6.31. The van der Waals surface area contributed by atoms with Crippen LogP contribution in [0.1, 0.15) is 11.1 Å². The van der Waals surface area contributed by atoms with Gasteiger partial charge in [0.05, 0.1) is 20.6 Å². The zero-order chi connectivity index (χ0) is 21.2. The predicted molar refractivity (Wildman–Crippen MR) is 118 cm³/mol. The molecule has 0 aliphatic heterocycles. The first-order chi connectivity index (χ1) is 13.6. The number of hydrogen-bond donors (Lipinski definition) is 2. The number of nitrogens with one attached hydrogen (secondary N) is 1. The van der Waals surface area contributed by atoms with Gasteiger partial charge in [0, 0.05) is 24.4 Å². The average molecular weight is 451 g/mol. The number of halogens is 2. The molecule has 0 aliphatic rings. The number of anilines is 2. The lowest BCUT2D eigenvalue weighted by Gasteiger charge is -2.12. The Labute approximate surface area is 180 Å². The zero-order valence-corrected chi connectivity index (χ0v) is 18.2. The summed E-state index contributed by atoms with van der Waals surface area (Å²) in [4.78, 5) is 8.83. The van der Waals surface area contributed by atoms with Gasteiger partial charge < -0.3 is 11.1 Å². The van der Waals surface area contributed by atoms with Crippen molar-refractivity contribution in [1.29, 1.82) is 0 Å². The van der Waals surface area contributed by atoms with Crippen molar-refractivity contribution in [1.82, 2.24) is 9.97 Å². The Morgan fingerprint density at radius 3 is 2.41 bits per heavy atom. The van der Waals surface area contributed by atoms with E-state index in [9.17, 15) is 8.42 Å². The second-order valence-electron chi connectivity index (χ2n) is 6.62. The smallest absolute Gasteiger partial charge is 0.222 e. The van der Waals surface area contributed by atoms with Crippen LogP contribution >= 0.6 is 23.2 Å². The highest BCUT2D eigenvalue weighted by Crippen LogP contribution is 2.33. The van der Waals surface area contributed by atoms with E-state index < -0.39 is 9.84 Å². The first-order valence-corrected chi connectivity index (χ1v) is 11.4. The average Bonchev–Trinajstić information content (AvgIpc) is 2.65. The largest absolute Gasteiger partial charge is 0.370 e. The molecule has 0 radical (unpaired) electrons. The molecule has 0 atom stereocenters. The molecule has 9 heteroatoms.